The summed E-state index contributed by atoms with van der Waals surface area (Å²) < 4.78 is 0. The van der Waals surface area contributed by atoms with Crippen molar-refractivity contribution >= 4 is 29.1 Å². The minimum atomic E-state index is -0.159. The molecule has 0 bridgehead atoms. The topological polar surface area (TPSA) is 61.4 Å². The third-order valence-corrected chi connectivity index (χ3v) is 3.92. The van der Waals surface area contributed by atoms with Gasteiger partial charge >= 0.3 is 0 Å². The molecule has 22 heavy (non-hydrogen) atoms. The Balaban J connectivity index is 1.71. The maximum atomic E-state index is 11.9. The van der Waals surface area contributed by atoms with E-state index in [1.54, 1.807) is 36.2 Å². The summed E-state index contributed by atoms with van der Waals surface area (Å²) in [5, 5.41) is 6.37. The fourth-order valence-electron chi connectivity index (χ4n) is 2.29. The highest BCUT2D eigenvalue weighted by atomic mass is 35.5. The fraction of sp³-hybridized carbons (Fsp3) is 0.500. The monoisotopic (exact) mass is 323 g/mol. The average molecular weight is 324 g/mol. The molecule has 0 spiro atoms. The van der Waals surface area contributed by atoms with Crippen molar-refractivity contribution in [1.82, 2.24) is 10.2 Å². The van der Waals surface area contributed by atoms with Crippen molar-refractivity contribution in [2.75, 3.05) is 25.5 Å². The highest BCUT2D eigenvalue weighted by Gasteiger charge is 2.28. The summed E-state index contributed by atoms with van der Waals surface area (Å²) in [5.41, 5.74) is 0.689. The van der Waals surface area contributed by atoms with E-state index < -0.39 is 0 Å². The summed E-state index contributed by atoms with van der Waals surface area (Å²) in [6.07, 6.45) is 2.39. The molecule has 0 saturated heterocycles. The molecule has 0 unspecified atom stereocenters. The summed E-state index contributed by atoms with van der Waals surface area (Å²) in [7, 11) is 1.75. The van der Waals surface area contributed by atoms with Gasteiger partial charge in [0.25, 0.3) is 0 Å². The molecule has 5 nitrogen and oxygen atoms in total. The molecule has 6 heteroatoms. The Morgan fingerprint density at radius 2 is 1.82 bits per heavy atom. The van der Waals surface area contributed by atoms with Gasteiger partial charge in [-0.25, -0.2) is 0 Å². The Kier molecular flexibility index (Phi) is 5.80. The van der Waals surface area contributed by atoms with Crippen LogP contribution >= 0.6 is 11.6 Å². The number of hydrogen-bond donors (Lipinski definition) is 2. The molecule has 120 valence electrons. The van der Waals surface area contributed by atoms with Crippen molar-refractivity contribution in [2.45, 2.75) is 25.8 Å². The van der Waals surface area contributed by atoms with Gasteiger partial charge in [-0.05, 0) is 57.0 Å². The first-order valence-electron chi connectivity index (χ1n) is 7.47. The van der Waals surface area contributed by atoms with Gasteiger partial charge in [-0.1, -0.05) is 11.6 Å². The Morgan fingerprint density at radius 1 is 1.23 bits per heavy atom. The number of nitrogens with one attached hydrogen (secondary N) is 2. The molecule has 1 aliphatic rings. The van der Waals surface area contributed by atoms with Gasteiger partial charge in [-0.3, -0.25) is 14.5 Å². The lowest BCUT2D eigenvalue weighted by molar-refractivity contribution is -0.123. The van der Waals surface area contributed by atoms with Crippen LogP contribution in [0.3, 0.4) is 0 Å². The molecule has 0 aliphatic heterocycles. The van der Waals surface area contributed by atoms with Crippen LogP contribution in [0.15, 0.2) is 24.3 Å². The van der Waals surface area contributed by atoms with Crippen LogP contribution in [-0.2, 0) is 9.59 Å². The molecule has 0 aromatic heterocycles. The van der Waals surface area contributed by atoms with Crippen molar-refractivity contribution in [3.63, 3.8) is 0 Å². The minimum Gasteiger partial charge on any atom is -0.352 e. The zero-order chi connectivity index (χ0) is 16.1. The molecule has 1 aromatic rings. The first-order chi connectivity index (χ1) is 10.4. The number of amides is 2. The predicted molar refractivity (Wildman–Crippen MR) is 87.9 cm³/mol. The first kappa shape index (κ1) is 16.8. The van der Waals surface area contributed by atoms with E-state index in [2.05, 4.69) is 10.6 Å². The summed E-state index contributed by atoms with van der Waals surface area (Å²) >= 11 is 5.79. The van der Waals surface area contributed by atoms with E-state index in [4.69, 9.17) is 11.6 Å². The predicted octanol–water partition coefficient (Wildman–Crippen LogP) is 2.12. The van der Waals surface area contributed by atoms with Crippen LogP contribution in [0, 0.1) is 5.92 Å². The zero-order valence-corrected chi connectivity index (χ0v) is 13.7. The number of likely N-dealkylation sites (N-methyl/N-ethyl adjacent to an activating group) is 1. The molecule has 1 saturated carbocycles. The van der Waals surface area contributed by atoms with Gasteiger partial charge in [0.1, 0.15) is 0 Å². The number of hydrogen-bond acceptors (Lipinski definition) is 3. The van der Waals surface area contributed by atoms with Gasteiger partial charge in [0.15, 0.2) is 0 Å². The van der Waals surface area contributed by atoms with Crippen molar-refractivity contribution in [1.29, 1.82) is 0 Å². The summed E-state index contributed by atoms with van der Waals surface area (Å²) in [6.45, 7) is 2.40. The molecule has 0 radical (unpaired) electrons. The van der Waals surface area contributed by atoms with E-state index >= 15 is 0 Å². The lowest BCUT2D eigenvalue weighted by Crippen LogP contribution is -2.42. The normalized spacial score (nSPS) is 15.5. The van der Waals surface area contributed by atoms with E-state index in [0.717, 1.165) is 0 Å². The van der Waals surface area contributed by atoms with Crippen molar-refractivity contribution in [3.8, 4) is 0 Å². The van der Waals surface area contributed by atoms with Gasteiger partial charge < -0.3 is 10.6 Å². The van der Waals surface area contributed by atoms with Crippen LogP contribution in [0.5, 0.6) is 0 Å². The Bertz CT molecular complexity index is 529. The molecule has 1 aliphatic carbocycles. The Hall–Kier alpha value is -1.59. The average Bonchev–Trinajstić information content (AvgIpc) is 3.25. The number of benzene rings is 1. The third kappa shape index (κ3) is 5.66. The third-order valence-electron chi connectivity index (χ3n) is 3.67. The molecule has 1 fully saturated rings. The number of rotatable bonds is 7. The highest BCUT2D eigenvalue weighted by Crippen LogP contribution is 2.32. The summed E-state index contributed by atoms with van der Waals surface area (Å²) in [6, 6.07) is 7.14. The van der Waals surface area contributed by atoms with E-state index in [9.17, 15) is 9.59 Å². The highest BCUT2D eigenvalue weighted by molar-refractivity contribution is 6.30. The van der Waals surface area contributed by atoms with Gasteiger partial charge in [-0.2, -0.15) is 0 Å². The van der Waals surface area contributed by atoms with Crippen molar-refractivity contribution in [3.05, 3.63) is 29.3 Å². The SMILES string of the molecule is C[C@H](NC(=O)CN(C)CC(=O)Nc1ccc(Cl)cc1)C1CC1. The molecular formula is C16H22ClN3O2. The number of halogens is 1. The molecule has 1 aromatic carbocycles. The molecular weight excluding hydrogens is 302 g/mol. The van der Waals surface area contributed by atoms with Gasteiger partial charge in [0.2, 0.25) is 11.8 Å². The second-order valence-electron chi connectivity index (χ2n) is 5.92. The van der Waals surface area contributed by atoms with E-state index in [1.165, 1.54) is 12.8 Å². The lowest BCUT2D eigenvalue weighted by Gasteiger charge is -2.18. The van der Waals surface area contributed by atoms with Gasteiger partial charge in [0, 0.05) is 16.8 Å². The van der Waals surface area contributed by atoms with E-state index in [0.29, 0.717) is 16.6 Å². The summed E-state index contributed by atoms with van der Waals surface area (Å²) in [5.74, 6) is 0.427. The Morgan fingerprint density at radius 3 is 2.41 bits per heavy atom. The Labute approximate surface area is 136 Å². The number of carbonyl (C=O) groups excluding carboxylic acids is 2. The van der Waals surface area contributed by atoms with Crippen molar-refractivity contribution < 1.29 is 9.59 Å². The van der Waals surface area contributed by atoms with Crippen molar-refractivity contribution in [2.24, 2.45) is 5.92 Å². The first-order valence-corrected chi connectivity index (χ1v) is 7.85. The maximum Gasteiger partial charge on any atom is 0.238 e. The van der Waals surface area contributed by atoms with Crippen LogP contribution in [-0.4, -0.2) is 42.9 Å². The number of anilines is 1. The quantitative estimate of drug-likeness (QED) is 0.808. The second-order valence-corrected chi connectivity index (χ2v) is 6.36. The lowest BCUT2D eigenvalue weighted by atomic mass is 10.2. The number of nitrogens with zero attached hydrogens (tertiary/aromatic N) is 1. The fourth-order valence-corrected chi connectivity index (χ4v) is 2.42. The molecule has 2 N–H and O–H groups in total. The summed E-state index contributed by atoms with van der Waals surface area (Å²) in [4.78, 5) is 25.5. The van der Waals surface area contributed by atoms with Crippen LogP contribution in [0.4, 0.5) is 5.69 Å². The van der Waals surface area contributed by atoms with Gasteiger partial charge in [0.05, 0.1) is 13.1 Å². The number of carbonyl (C=O) groups is 2. The van der Waals surface area contributed by atoms with E-state index in [-0.39, 0.29) is 30.9 Å². The standard InChI is InChI=1S/C16H22ClN3O2/c1-11(12-3-4-12)18-15(21)9-20(2)10-16(22)19-14-7-5-13(17)6-8-14/h5-8,11-12H,3-4,9-10H2,1-2H3,(H,18,21)(H,19,22)/t11-/m0/s1. The van der Waals surface area contributed by atoms with E-state index in [1.807, 2.05) is 6.92 Å². The second kappa shape index (κ2) is 7.61. The zero-order valence-electron chi connectivity index (χ0n) is 12.9. The van der Waals surface area contributed by atoms with Gasteiger partial charge in [-0.15, -0.1) is 0 Å². The molecule has 2 amide bonds. The van der Waals surface area contributed by atoms with Crippen LogP contribution in [0.2, 0.25) is 5.02 Å². The smallest absolute Gasteiger partial charge is 0.238 e. The van der Waals surface area contributed by atoms with Crippen LogP contribution in [0.1, 0.15) is 19.8 Å². The maximum absolute atomic E-state index is 11.9. The van der Waals surface area contributed by atoms with Crippen LogP contribution in [0.25, 0.3) is 0 Å². The largest absolute Gasteiger partial charge is 0.352 e. The molecule has 2 rings (SSSR count). The molecule has 1 atom stereocenters. The molecule has 0 heterocycles. The minimum absolute atomic E-state index is 0.0406. The van der Waals surface area contributed by atoms with Crippen LogP contribution < -0.4 is 10.6 Å².